The summed E-state index contributed by atoms with van der Waals surface area (Å²) in [5.74, 6) is 0.636. The molecule has 2 rings (SSSR count). The molecular formula is C12H14O2. The van der Waals surface area contributed by atoms with Gasteiger partial charge >= 0.3 is 0 Å². The number of Topliss-reactive ketones (excluding diaryl/α,β-unsaturated/α-hetero) is 1. The van der Waals surface area contributed by atoms with Gasteiger partial charge in [-0.05, 0) is 17.4 Å². The predicted octanol–water partition coefficient (Wildman–Crippen LogP) is 1.74. The first-order valence-electron chi connectivity index (χ1n) is 4.98. The van der Waals surface area contributed by atoms with E-state index in [1.165, 1.54) is 5.56 Å². The van der Waals surface area contributed by atoms with E-state index in [-0.39, 0.29) is 24.2 Å². The van der Waals surface area contributed by atoms with E-state index >= 15 is 0 Å². The summed E-state index contributed by atoms with van der Waals surface area (Å²) < 4.78 is 0. The summed E-state index contributed by atoms with van der Waals surface area (Å²) in [4.78, 5) is 11.3. The highest BCUT2D eigenvalue weighted by Gasteiger charge is 2.33. The van der Waals surface area contributed by atoms with Crippen LogP contribution in [0.4, 0.5) is 0 Å². The fourth-order valence-electron chi connectivity index (χ4n) is 2.21. The number of rotatable bonds is 2. The van der Waals surface area contributed by atoms with E-state index < -0.39 is 0 Å². The lowest BCUT2D eigenvalue weighted by atomic mass is 9.90. The molecule has 0 unspecified atom stereocenters. The van der Waals surface area contributed by atoms with Gasteiger partial charge in [0.25, 0.3) is 0 Å². The normalized spacial score (nSPS) is 26.8. The summed E-state index contributed by atoms with van der Waals surface area (Å²) in [6.07, 6.45) is 1.13. The van der Waals surface area contributed by atoms with Crippen molar-refractivity contribution in [3.63, 3.8) is 0 Å². The fourth-order valence-corrected chi connectivity index (χ4v) is 2.21. The molecular weight excluding hydrogens is 176 g/mol. The van der Waals surface area contributed by atoms with Crippen molar-refractivity contribution in [2.45, 2.75) is 18.8 Å². The predicted molar refractivity (Wildman–Crippen MR) is 54.0 cm³/mol. The molecule has 1 saturated carbocycles. The Morgan fingerprint density at radius 2 is 1.93 bits per heavy atom. The first-order chi connectivity index (χ1) is 6.81. The van der Waals surface area contributed by atoms with Crippen LogP contribution < -0.4 is 0 Å². The van der Waals surface area contributed by atoms with Gasteiger partial charge in [0.15, 0.2) is 0 Å². The molecule has 2 nitrogen and oxygen atoms in total. The molecule has 0 aromatic heterocycles. The molecule has 1 fully saturated rings. The van der Waals surface area contributed by atoms with Gasteiger partial charge in [-0.1, -0.05) is 30.3 Å². The zero-order valence-corrected chi connectivity index (χ0v) is 8.02. The molecule has 1 aliphatic rings. The molecule has 0 amide bonds. The number of carbonyl (C=O) groups excluding carboxylic acids is 1. The second-order valence-corrected chi connectivity index (χ2v) is 3.91. The first-order valence-corrected chi connectivity index (χ1v) is 4.98. The van der Waals surface area contributed by atoms with Crippen molar-refractivity contribution < 1.29 is 9.90 Å². The standard InChI is InChI=1S/C12H14O2/c13-8-10-6-11(14)7-12(10)9-4-2-1-3-5-9/h1-5,10,12-13H,6-8H2/t10-,12-/m1/s1. The van der Waals surface area contributed by atoms with E-state index in [1.54, 1.807) is 0 Å². The summed E-state index contributed by atoms with van der Waals surface area (Å²) >= 11 is 0. The lowest BCUT2D eigenvalue weighted by Gasteiger charge is -2.16. The van der Waals surface area contributed by atoms with Crippen molar-refractivity contribution in [3.05, 3.63) is 35.9 Å². The smallest absolute Gasteiger partial charge is 0.133 e. The third-order valence-corrected chi connectivity index (χ3v) is 2.97. The SMILES string of the molecule is O=C1C[C@H](CO)[C@@H](c2ccccc2)C1. The van der Waals surface area contributed by atoms with Gasteiger partial charge in [-0.3, -0.25) is 4.79 Å². The van der Waals surface area contributed by atoms with Crippen LogP contribution in [0.2, 0.25) is 0 Å². The van der Waals surface area contributed by atoms with E-state index in [4.69, 9.17) is 5.11 Å². The van der Waals surface area contributed by atoms with Crippen LogP contribution in [0.1, 0.15) is 24.3 Å². The van der Waals surface area contributed by atoms with Crippen LogP contribution in [0.15, 0.2) is 30.3 Å². The molecule has 0 aliphatic heterocycles. The molecule has 2 heteroatoms. The Labute approximate surface area is 83.6 Å². The Hall–Kier alpha value is -1.15. The van der Waals surface area contributed by atoms with Gasteiger partial charge in [-0.15, -0.1) is 0 Å². The summed E-state index contributed by atoms with van der Waals surface area (Å²) in [6, 6.07) is 9.99. The van der Waals surface area contributed by atoms with E-state index in [0.717, 1.165) is 0 Å². The lowest BCUT2D eigenvalue weighted by molar-refractivity contribution is -0.117. The number of ketones is 1. The van der Waals surface area contributed by atoms with Crippen molar-refractivity contribution in [2.75, 3.05) is 6.61 Å². The third kappa shape index (κ3) is 1.70. The van der Waals surface area contributed by atoms with Gasteiger partial charge in [0.1, 0.15) is 5.78 Å². The molecule has 0 spiro atoms. The molecule has 74 valence electrons. The number of hydrogen-bond acceptors (Lipinski definition) is 2. The first kappa shape index (κ1) is 9.41. The van der Waals surface area contributed by atoms with Gasteiger partial charge in [0.05, 0.1) is 0 Å². The van der Waals surface area contributed by atoms with Crippen LogP contribution in [-0.4, -0.2) is 17.5 Å². The molecule has 14 heavy (non-hydrogen) atoms. The Morgan fingerprint density at radius 3 is 2.57 bits per heavy atom. The van der Waals surface area contributed by atoms with Crippen molar-refractivity contribution in [2.24, 2.45) is 5.92 Å². The Bertz CT molecular complexity index is 318. The van der Waals surface area contributed by atoms with E-state index in [0.29, 0.717) is 12.8 Å². The van der Waals surface area contributed by atoms with Gasteiger partial charge < -0.3 is 5.11 Å². The van der Waals surface area contributed by atoms with Gasteiger partial charge in [-0.25, -0.2) is 0 Å². The quantitative estimate of drug-likeness (QED) is 0.771. The highest BCUT2D eigenvalue weighted by Crippen LogP contribution is 2.36. The summed E-state index contributed by atoms with van der Waals surface area (Å²) in [5, 5.41) is 9.16. The molecule has 0 bridgehead atoms. The summed E-state index contributed by atoms with van der Waals surface area (Å²) in [6.45, 7) is 0.116. The van der Waals surface area contributed by atoms with Crippen molar-refractivity contribution in [3.8, 4) is 0 Å². The molecule has 1 aromatic carbocycles. The summed E-state index contributed by atoms with van der Waals surface area (Å²) in [5.41, 5.74) is 1.18. The maximum absolute atomic E-state index is 11.3. The Kier molecular flexibility index (Phi) is 2.64. The molecule has 1 aliphatic carbocycles. The molecule has 1 aromatic rings. The zero-order chi connectivity index (χ0) is 9.97. The van der Waals surface area contributed by atoms with Crippen LogP contribution in [0.5, 0.6) is 0 Å². The van der Waals surface area contributed by atoms with Crippen molar-refractivity contribution >= 4 is 5.78 Å². The minimum atomic E-state index is 0.116. The largest absolute Gasteiger partial charge is 0.396 e. The zero-order valence-electron chi connectivity index (χ0n) is 8.02. The average molecular weight is 190 g/mol. The third-order valence-electron chi connectivity index (χ3n) is 2.97. The van der Waals surface area contributed by atoms with Crippen LogP contribution >= 0.6 is 0 Å². The minimum absolute atomic E-state index is 0.116. The van der Waals surface area contributed by atoms with Gasteiger partial charge in [0, 0.05) is 19.4 Å². The van der Waals surface area contributed by atoms with Crippen LogP contribution in [0.3, 0.4) is 0 Å². The molecule has 0 heterocycles. The topological polar surface area (TPSA) is 37.3 Å². The van der Waals surface area contributed by atoms with Gasteiger partial charge in [-0.2, -0.15) is 0 Å². The molecule has 2 atom stereocenters. The molecule has 1 N–H and O–H groups in total. The van der Waals surface area contributed by atoms with E-state index in [2.05, 4.69) is 0 Å². The molecule has 0 radical (unpaired) electrons. The Balaban J connectivity index is 2.22. The number of hydrogen-bond donors (Lipinski definition) is 1. The maximum atomic E-state index is 11.3. The maximum Gasteiger partial charge on any atom is 0.133 e. The Morgan fingerprint density at radius 1 is 1.21 bits per heavy atom. The summed E-state index contributed by atoms with van der Waals surface area (Å²) in [7, 11) is 0. The number of aliphatic hydroxyl groups is 1. The van der Waals surface area contributed by atoms with E-state index in [1.807, 2.05) is 30.3 Å². The average Bonchev–Trinajstić information content (AvgIpc) is 2.61. The van der Waals surface area contributed by atoms with Crippen LogP contribution in [0.25, 0.3) is 0 Å². The second-order valence-electron chi connectivity index (χ2n) is 3.91. The number of aliphatic hydroxyl groups excluding tert-OH is 1. The van der Waals surface area contributed by atoms with Crippen LogP contribution in [-0.2, 0) is 4.79 Å². The van der Waals surface area contributed by atoms with Crippen molar-refractivity contribution in [1.82, 2.24) is 0 Å². The monoisotopic (exact) mass is 190 g/mol. The van der Waals surface area contributed by atoms with E-state index in [9.17, 15) is 4.79 Å². The second kappa shape index (κ2) is 3.93. The van der Waals surface area contributed by atoms with Crippen molar-refractivity contribution in [1.29, 1.82) is 0 Å². The van der Waals surface area contributed by atoms with Crippen LogP contribution in [0, 0.1) is 5.92 Å². The highest BCUT2D eigenvalue weighted by atomic mass is 16.3. The highest BCUT2D eigenvalue weighted by molar-refractivity contribution is 5.82. The fraction of sp³-hybridized carbons (Fsp3) is 0.417. The number of carbonyl (C=O) groups is 1. The number of benzene rings is 1. The molecule has 0 saturated heterocycles. The lowest BCUT2D eigenvalue weighted by Crippen LogP contribution is -2.10. The minimum Gasteiger partial charge on any atom is -0.396 e. The van der Waals surface area contributed by atoms with Gasteiger partial charge in [0.2, 0.25) is 0 Å².